The van der Waals surface area contributed by atoms with Crippen molar-refractivity contribution in [3.05, 3.63) is 65.3 Å². The zero-order valence-corrected chi connectivity index (χ0v) is 18.0. The maximum Gasteiger partial charge on any atom is 0.459 e. The Bertz CT molecular complexity index is 1410. The molecule has 0 aliphatic heterocycles. The molecular weight excluding hydrogens is 481 g/mol. The second kappa shape index (κ2) is 8.48. The van der Waals surface area contributed by atoms with Crippen molar-refractivity contribution < 1.29 is 36.0 Å². The number of fused-ring (bicyclic) bond motifs is 1. The van der Waals surface area contributed by atoms with Gasteiger partial charge in [0.25, 0.3) is 11.8 Å². The summed E-state index contributed by atoms with van der Waals surface area (Å²) in [6, 6.07) is 4.76. The van der Waals surface area contributed by atoms with E-state index < -0.39 is 40.9 Å². The quantitative estimate of drug-likeness (QED) is 0.395. The third-order valence-corrected chi connectivity index (χ3v) is 4.76. The Morgan fingerprint density at radius 1 is 1.11 bits per heavy atom. The number of aromatic nitrogens is 5. The van der Waals surface area contributed by atoms with Gasteiger partial charge in [-0.25, -0.2) is 9.50 Å². The van der Waals surface area contributed by atoms with Crippen molar-refractivity contribution in [2.75, 3.05) is 5.32 Å². The van der Waals surface area contributed by atoms with Gasteiger partial charge in [-0.3, -0.25) is 14.3 Å². The van der Waals surface area contributed by atoms with Crippen LogP contribution in [-0.2, 0) is 19.5 Å². The third kappa shape index (κ3) is 4.56. The lowest BCUT2D eigenvalue weighted by Gasteiger charge is -2.20. The van der Waals surface area contributed by atoms with Gasteiger partial charge in [0.1, 0.15) is 11.5 Å². The van der Waals surface area contributed by atoms with Crippen molar-refractivity contribution in [3.8, 4) is 0 Å². The van der Waals surface area contributed by atoms with Gasteiger partial charge < -0.3 is 15.1 Å². The Balaban J connectivity index is 1.62. The summed E-state index contributed by atoms with van der Waals surface area (Å²) in [5, 5.41) is 12.5. The first-order chi connectivity index (χ1) is 16.4. The van der Waals surface area contributed by atoms with Gasteiger partial charge in [0.15, 0.2) is 17.0 Å². The number of amides is 2. The molecule has 35 heavy (non-hydrogen) atoms. The number of halogens is 5. The van der Waals surface area contributed by atoms with Gasteiger partial charge in [-0.15, -0.1) is 0 Å². The van der Waals surface area contributed by atoms with Crippen molar-refractivity contribution in [3.63, 3.8) is 0 Å². The molecule has 0 fully saturated rings. The molecule has 4 aromatic heterocycles. The number of nitrogens with one attached hydrogen (secondary N) is 2. The van der Waals surface area contributed by atoms with Crippen molar-refractivity contribution in [2.45, 2.75) is 25.6 Å². The van der Waals surface area contributed by atoms with Crippen LogP contribution < -0.4 is 10.6 Å². The minimum absolute atomic E-state index is 0.0449. The molecule has 4 heterocycles. The fourth-order valence-corrected chi connectivity index (χ4v) is 3.18. The summed E-state index contributed by atoms with van der Waals surface area (Å²) in [7, 11) is 1.49. The van der Waals surface area contributed by atoms with Crippen LogP contribution in [0.3, 0.4) is 0 Å². The standard InChI is InChI=1S/C20H16F5N7O3/c1-10-6-14(19(21,22)20(23,24)25)32-15(27-10)7-12(29-32)17(33)28-13-9-31(2)30-16(13)18(34)26-8-11-4-3-5-35-11/h3-7,9H,8H2,1-2H3,(H,26,34)(H,28,33). The maximum atomic E-state index is 14.1. The molecule has 2 N–H and O–H groups in total. The Kier molecular flexibility index (Phi) is 5.78. The van der Waals surface area contributed by atoms with E-state index in [0.29, 0.717) is 11.8 Å². The van der Waals surface area contributed by atoms with Gasteiger partial charge in [0.05, 0.1) is 18.5 Å². The Morgan fingerprint density at radius 2 is 1.86 bits per heavy atom. The zero-order valence-electron chi connectivity index (χ0n) is 18.0. The lowest BCUT2D eigenvalue weighted by molar-refractivity contribution is -0.291. The van der Waals surface area contributed by atoms with E-state index in [4.69, 9.17) is 4.42 Å². The van der Waals surface area contributed by atoms with E-state index in [-0.39, 0.29) is 28.1 Å². The summed E-state index contributed by atoms with van der Waals surface area (Å²) < 4.78 is 73.7. The molecular formula is C20H16F5N7O3. The molecule has 4 rings (SSSR count). The number of rotatable bonds is 6. The number of anilines is 1. The highest BCUT2D eigenvalue weighted by atomic mass is 19.4. The summed E-state index contributed by atoms with van der Waals surface area (Å²) >= 11 is 0. The number of nitrogens with zero attached hydrogens (tertiary/aromatic N) is 5. The van der Waals surface area contributed by atoms with Gasteiger partial charge in [-0.05, 0) is 25.1 Å². The number of furan rings is 1. The van der Waals surface area contributed by atoms with Gasteiger partial charge in [0.2, 0.25) is 0 Å². The largest absolute Gasteiger partial charge is 0.467 e. The molecule has 184 valence electrons. The molecule has 4 aromatic rings. The second-order valence-electron chi connectivity index (χ2n) is 7.44. The Morgan fingerprint density at radius 3 is 2.51 bits per heavy atom. The van der Waals surface area contributed by atoms with Crippen LogP contribution in [0, 0.1) is 6.92 Å². The Labute approximate surface area is 192 Å². The number of hydrogen-bond donors (Lipinski definition) is 2. The fraction of sp³-hybridized carbons (Fsp3) is 0.250. The average molecular weight is 497 g/mol. The zero-order chi connectivity index (χ0) is 25.5. The SMILES string of the molecule is Cc1cc(C(F)(F)C(F)(F)F)n2nc(C(=O)Nc3cn(C)nc3C(=O)NCc3ccco3)cc2n1. The first-order valence-electron chi connectivity index (χ1n) is 9.85. The lowest BCUT2D eigenvalue weighted by atomic mass is 10.2. The fourth-order valence-electron chi connectivity index (χ4n) is 3.18. The number of hydrogen-bond acceptors (Lipinski definition) is 6. The third-order valence-electron chi connectivity index (χ3n) is 4.76. The van der Waals surface area contributed by atoms with Crippen LogP contribution in [0.25, 0.3) is 5.65 Å². The highest BCUT2D eigenvalue weighted by Crippen LogP contribution is 2.43. The summed E-state index contributed by atoms with van der Waals surface area (Å²) in [4.78, 5) is 29.1. The van der Waals surface area contributed by atoms with Crippen molar-refractivity contribution in [1.29, 1.82) is 0 Å². The van der Waals surface area contributed by atoms with Crippen LogP contribution in [0.1, 0.15) is 38.1 Å². The highest BCUT2D eigenvalue weighted by Gasteiger charge is 2.60. The van der Waals surface area contributed by atoms with Crippen molar-refractivity contribution in [2.24, 2.45) is 7.05 Å². The van der Waals surface area contributed by atoms with Crippen LogP contribution in [0.15, 0.2) is 41.1 Å². The highest BCUT2D eigenvalue weighted by molar-refractivity contribution is 6.07. The topological polar surface area (TPSA) is 119 Å². The molecule has 0 aliphatic carbocycles. The molecule has 0 saturated carbocycles. The molecule has 0 bridgehead atoms. The van der Waals surface area contributed by atoms with Gasteiger partial charge >= 0.3 is 12.1 Å². The molecule has 0 spiro atoms. The monoisotopic (exact) mass is 497 g/mol. The molecule has 0 aromatic carbocycles. The van der Waals surface area contributed by atoms with E-state index in [1.54, 1.807) is 12.1 Å². The van der Waals surface area contributed by atoms with Crippen LogP contribution in [0.4, 0.5) is 27.6 Å². The summed E-state index contributed by atoms with van der Waals surface area (Å²) in [6.07, 6.45) is -3.16. The minimum atomic E-state index is -5.89. The number of carbonyl (C=O) groups excluding carboxylic acids is 2. The summed E-state index contributed by atoms with van der Waals surface area (Å²) in [5.41, 5.74) is -2.74. The Hall–Kier alpha value is -4.30. The molecule has 0 aliphatic rings. The van der Waals surface area contributed by atoms with Gasteiger partial charge in [-0.2, -0.15) is 32.1 Å². The molecule has 2 amide bonds. The molecule has 15 heteroatoms. The van der Waals surface area contributed by atoms with Crippen LogP contribution >= 0.6 is 0 Å². The van der Waals surface area contributed by atoms with Crippen LogP contribution in [-0.4, -0.2) is 42.4 Å². The second-order valence-corrected chi connectivity index (χ2v) is 7.44. The molecule has 0 unspecified atom stereocenters. The summed E-state index contributed by atoms with van der Waals surface area (Å²) in [5.74, 6) is -6.42. The van der Waals surface area contributed by atoms with Crippen molar-refractivity contribution in [1.82, 2.24) is 29.7 Å². The predicted octanol–water partition coefficient (Wildman–Crippen LogP) is 3.20. The van der Waals surface area contributed by atoms with E-state index in [2.05, 4.69) is 25.8 Å². The molecule has 0 radical (unpaired) electrons. The number of alkyl halides is 5. The van der Waals surface area contributed by atoms with E-state index in [0.717, 1.165) is 6.07 Å². The maximum absolute atomic E-state index is 14.1. The lowest BCUT2D eigenvalue weighted by Crippen LogP contribution is -2.36. The first kappa shape index (κ1) is 23.8. The van der Waals surface area contributed by atoms with Crippen LogP contribution in [0.5, 0.6) is 0 Å². The molecule has 10 nitrogen and oxygen atoms in total. The van der Waals surface area contributed by atoms with Gasteiger partial charge in [-0.1, -0.05) is 0 Å². The average Bonchev–Trinajstić information content (AvgIpc) is 3.50. The summed E-state index contributed by atoms with van der Waals surface area (Å²) in [6.45, 7) is 1.27. The van der Waals surface area contributed by atoms with Gasteiger partial charge in [0, 0.05) is 25.0 Å². The number of aryl methyl sites for hydroxylation is 2. The smallest absolute Gasteiger partial charge is 0.459 e. The van der Waals surface area contributed by atoms with E-state index >= 15 is 0 Å². The van der Waals surface area contributed by atoms with Crippen LogP contribution in [0.2, 0.25) is 0 Å². The van der Waals surface area contributed by atoms with E-state index in [1.807, 2.05) is 0 Å². The van der Waals surface area contributed by atoms with E-state index in [9.17, 15) is 31.5 Å². The minimum Gasteiger partial charge on any atom is -0.467 e. The predicted molar refractivity (Wildman–Crippen MR) is 109 cm³/mol. The molecule has 0 atom stereocenters. The van der Waals surface area contributed by atoms with Crippen molar-refractivity contribution >= 4 is 23.1 Å². The number of carbonyl (C=O) groups is 2. The van der Waals surface area contributed by atoms with E-state index in [1.165, 1.54) is 31.1 Å². The normalized spacial score (nSPS) is 12.2. The first-order valence-corrected chi connectivity index (χ1v) is 9.85. The molecule has 0 saturated heterocycles.